The monoisotopic (exact) mass is 352 g/mol. The Morgan fingerprint density at radius 3 is 2.35 bits per heavy atom. The Bertz CT molecular complexity index is 539. The Labute approximate surface area is 134 Å². The number of benzene rings is 2. The first-order valence-corrected chi connectivity index (χ1v) is 7.98. The van der Waals surface area contributed by atoms with Gasteiger partial charge in [0.05, 0.1) is 7.11 Å². The van der Waals surface area contributed by atoms with E-state index in [9.17, 15) is 0 Å². The molecule has 1 nitrogen and oxygen atoms in total. The summed E-state index contributed by atoms with van der Waals surface area (Å²) in [5, 5.41) is 0. The maximum absolute atomic E-state index is 6.14. The van der Waals surface area contributed by atoms with E-state index >= 15 is 0 Å². The predicted molar refractivity (Wildman–Crippen MR) is 88.8 cm³/mol. The van der Waals surface area contributed by atoms with E-state index in [0.29, 0.717) is 11.8 Å². The van der Waals surface area contributed by atoms with E-state index in [4.69, 9.17) is 16.3 Å². The van der Waals surface area contributed by atoms with E-state index in [1.807, 2.05) is 18.2 Å². The molecule has 0 saturated heterocycles. The lowest BCUT2D eigenvalue weighted by molar-refractivity contribution is 0.414. The number of alkyl halides is 1. The molecule has 106 valence electrons. The SMILES string of the molecule is COc1ccc(CC(CCl)Cc2ccccc2Br)cc1. The molecule has 1 atom stereocenters. The predicted octanol–water partition coefficient (Wildman–Crippen LogP) is 5.10. The van der Waals surface area contributed by atoms with E-state index < -0.39 is 0 Å². The van der Waals surface area contributed by atoms with Crippen LogP contribution >= 0.6 is 27.5 Å². The summed E-state index contributed by atoms with van der Waals surface area (Å²) in [6.45, 7) is 0. The highest BCUT2D eigenvalue weighted by Crippen LogP contribution is 2.23. The Morgan fingerprint density at radius 1 is 1.05 bits per heavy atom. The molecule has 1 unspecified atom stereocenters. The van der Waals surface area contributed by atoms with Crippen LogP contribution in [0.25, 0.3) is 0 Å². The minimum atomic E-state index is 0.434. The van der Waals surface area contributed by atoms with E-state index in [2.05, 4.69) is 46.3 Å². The summed E-state index contributed by atoms with van der Waals surface area (Å²) in [5.41, 5.74) is 2.61. The molecule has 0 aliphatic rings. The van der Waals surface area contributed by atoms with Crippen LogP contribution in [0, 0.1) is 5.92 Å². The van der Waals surface area contributed by atoms with Crippen LogP contribution in [0.5, 0.6) is 5.75 Å². The second-order valence-corrected chi connectivity index (χ2v) is 6.03. The van der Waals surface area contributed by atoms with Crippen LogP contribution in [0.3, 0.4) is 0 Å². The number of methoxy groups -OCH3 is 1. The maximum atomic E-state index is 6.14. The molecule has 0 heterocycles. The largest absolute Gasteiger partial charge is 0.497 e. The summed E-state index contributed by atoms with van der Waals surface area (Å²) in [6, 6.07) is 16.5. The molecule has 2 aromatic carbocycles. The van der Waals surface area contributed by atoms with Gasteiger partial charge in [-0.05, 0) is 48.1 Å². The van der Waals surface area contributed by atoms with E-state index in [1.165, 1.54) is 11.1 Å². The molecule has 0 aliphatic carbocycles. The van der Waals surface area contributed by atoms with Gasteiger partial charge in [0.25, 0.3) is 0 Å². The van der Waals surface area contributed by atoms with Crippen molar-refractivity contribution in [2.75, 3.05) is 13.0 Å². The van der Waals surface area contributed by atoms with E-state index in [-0.39, 0.29) is 0 Å². The Morgan fingerprint density at radius 2 is 1.75 bits per heavy atom. The summed E-state index contributed by atoms with van der Waals surface area (Å²) in [5.74, 6) is 1.98. The smallest absolute Gasteiger partial charge is 0.118 e. The van der Waals surface area contributed by atoms with Gasteiger partial charge in [0.15, 0.2) is 0 Å². The van der Waals surface area contributed by atoms with Crippen LogP contribution < -0.4 is 4.74 Å². The molecule has 0 aromatic heterocycles. The van der Waals surface area contributed by atoms with Gasteiger partial charge in [-0.3, -0.25) is 0 Å². The number of ether oxygens (including phenoxy) is 1. The Balaban J connectivity index is 2.03. The molecule has 0 N–H and O–H groups in total. The van der Waals surface area contributed by atoms with Crippen molar-refractivity contribution < 1.29 is 4.74 Å². The first kappa shape index (κ1) is 15.4. The minimum absolute atomic E-state index is 0.434. The fourth-order valence-electron chi connectivity index (χ4n) is 2.25. The van der Waals surface area contributed by atoms with Crippen LogP contribution in [0.4, 0.5) is 0 Å². The van der Waals surface area contributed by atoms with E-state index in [1.54, 1.807) is 7.11 Å². The van der Waals surface area contributed by atoms with Crippen molar-refractivity contribution in [3.8, 4) is 5.75 Å². The van der Waals surface area contributed by atoms with Gasteiger partial charge < -0.3 is 4.74 Å². The first-order valence-electron chi connectivity index (χ1n) is 6.65. The van der Waals surface area contributed by atoms with Gasteiger partial charge in [-0.2, -0.15) is 0 Å². The van der Waals surface area contributed by atoms with Crippen LogP contribution in [0.2, 0.25) is 0 Å². The van der Waals surface area contributed by atoms with Crippen molar-refractivity contribution in [1.29, 1.82) is 0 Å². The van der Waals surface area contributed by atoms with Crippen LogP contribution in [0.1, 0.15) is 11.1 Å². The van der Waals surface area contributed by atoms with Crippen LogP contribution in [0.15, 0.2) is 53.0 Å². The first-order chi connectivity index (χ1) is 9.72. The molecule has 0 spiro atoms. The fourth-order valence-corrected chi connectivity index (χ4v) is 2.92. The lowest BCUT2D eigenvalue weighted by Crippen LogP contribution is -2.10. The normalized spacial score (nSPS) is 12.2. The topological polar surface area (TPSA) is 9.23 Å². The molecule has 20 heavy (non-hydrogen) atoms. The highest BCUT2D eigenvalue weighted by molar-refractivity contribution is 9.10. The molecule has 0 amide bonds. The van der Waals surface area contributed by atoms with Crippen molar-refractivity contribution in [2.24, 2.45) is 5.92 Å². The molecule has 0 radical (unpaired) electrons. The van der Waals surface area contributed by atoms with Gasteiger partial charge in [-0.25, -0.2) is 0 Å². The molecule has 2 aromatic rings. The summed E-state index contributed by atoms with van der Waals surface area (Å²) < 4.78 is 6.34. The molecule has 2 rings (SSSR count). The Kier molecular flexibility index (Phi) is 5.93. The van der Waals surface area contributed by atoms with Crippen molar-refractivity contribution in [3.05, 3.63) is 64.1 Å². The lowest BCUT2D eigenvalue weighted by atomic mass is 9.94. The quantitative estimate of drug-likeness (QED) is 0.657. The summed E-state index contributed by atoms with van der Waals surface area (Å²) in [6.07, 6.45) is 1.96. The third-order valence-electron chi connectivity index (χ3n) is 3.37. The molecular formula is C17H18BrClO. The zero-order valence-electron chi connectivity index (χ0n) is 11.5. The fraction of sp³-hybridized carbons (Fsp3) is 0.294. The zero-order valence-corrected chi connectivity index (χ0v) is 13.8. The average molecular weight is 354 g/mol. The zero-order chi connectivity index (χ0) is 14.4. The molecule has 3 heteroatoms. The average Bonchev–Trinajstić information content (AvgIpc) is 2.49. The minimum Gasteiger partial charge on any atom is -0.497 e. The number of rotatable bonds is 6. The third-order valence-corrected chi connectivity index (χ3v) is 4.58. The molecule has 0 fully saturated rings. The van der Waals surface area contributed by atoms with Crippen molar-refractivity contribution in [3.63, 3.8) is 0 Å². The van der Waals surface area contributed by atoms with Gasteiger partial charge in [0, 0.05) is 10.4 Å². The summed E-state index contributed by atoms with van der Waals surface area (Å²) in [4.78, 5) is 0. The standard InChI is InChI=1S/C17H18BrClO/c1-20-16-8-6-13(7-9-16)10-14(12-19)11-15-4-2-3-5-17(15)18/h2-9,14H,10-12H2,1H3. The second-order valence-electron chi connectivity index (χ2n) is 4.87. The summed E-state index contributed by atoms with van der Waals surface area (Å²) >= 11 is 9.74. The third kappa shape index (κ3) is 4.26. The van der Waals surface area contributed by atoms with Gasteiger partial charge in [-0.1, -0.05) is 46.3 Å². The number of halogens is 2. The van der Waals surface area contributed by atoms with Crippen molar-refractivity contribution in [2.45, 2.75) is 12.8 Å². The van der Waals surface area contributed by atoms with Gasteiger partial charge in [0.1, 0.15) is 5.75 Å². The highest BCUT2D eigenvalue weighted by atomic mass is 79.9. The molecular weight excluding hydrogens is 336 g/mol. The number of hydrogen-bond acceptors (Lipinski definition) is 1. The highest BCUT2D eigenvalue weighted by Gasteiger charge is 2.11. The number of hydrogen-bond donors (Lipinski definition) is 0. The summed E-state index contributed by atoms with van der Waals surface area (Å²) in [7, 11) is 1.68. The Hall–Kier alpha value is -0.990. The maximum Gasteiger partial charge on any atom is 0.118 e. The van der Waals surface area contributed by atoms with E-state index in [0.717, 1.165) is 23.1 Å². The molecule has 0 aliphatic heterocycles. The van der Waals surface area contributed by atoms with Gasteiger partial charge in [0.2, 0.25) is 0 Å². The van der Waals surface area contributed by atoms with Crippen molar-refractivity contribution in [1.82, 2.24) is 0 Å². The lowest BCUT2D eigenvalue weighted by Gasteiger charge is -2.15. The molecule has 0 saturated carbocycles. The molecule has 0 bridgehead atoms. The van der Waals surface area contributed by atoms with Crippen molar-refractivity contribution >= 4 is 27.5 Å². The van der Waals surface area contributed by atoms with Crippen LogP contribution in [-0.2, 0) is 12.8 Å². The van der Waals surface area contributed by atoms with Gasteiger partial charge >= 0.3 is 0 Å². The van der Waals surface area contributed by atoms with Crippen LogP contribution in [-0.4, -0.2) is 13.0 Å². The van der Waals surface area contributed by atoms with Gasteiger partial charge in [-0.15, -0.1) is 11.6 Å². The second kappa shape index (κ2) is 7.70.